The number of aromatic amines is 1. The van der Waals surface area contributed by atoms with Crippen molar-refractivity contribution in [1.29, 1.82) is 0 Å². The van der Waals surface area contributed by atoms with Gasteiger partial charge in [0.05, 0.1) is 43.7 Å². The van der Waals surface area contributed by atoms with Gasteiger partial charge in [0.1, 0.15) is 41.3 Å². The van der Waals surface area contributed by atoms with E-state index in [0.717, 1.165) is 32.4 Å². The van der Waals surface area contributed by atoms with Crippen molar-refractivity contribution in [3.8, 4) is 28.2 Å². The van der Waals surface area contributed by atoms with Crippen LogP contribution in [0.4, 0.5) is 13.2 Å². The number of ketones is 1. The van der Waals surface area contributed by atoms with Gasteiger partial charge < -0.3 is 59.7 Å². The van der Waals surface area contributed by atoms with Crippen molar-refractivity contribution < 1.29 is 85.2 Å². The molecule has 0 bridgehead atoms. The molecule has 6 aromatic rings. The predicted octanol–water partition coefficient (Wildman–Crippen LogP) is 5.18. The fourth-order valence-corrected chi connectivity index (χ4v) is 9.37. The number of halogens is 3. The molecule has 0 fully saturated rings. The lowest BCUT2D eigenvalue weighted by Gasteiger charge is -2.26. The lowest BCUT2D eigenvalue weighted by Crippen LogP contribution is -2.58. The zero-order valence-corrected chi connectivity index (χ0v) is 45.2. The Kier molecular flexibility index (Phi) is 18.5. The van der Waals surface area contributed by atoms with Crippen LogP contribution in [0.15, 0.2) is 131 Å². The summed E-state index contributed by atoms with van der Waals surface area (Å²) < 4.78 is 63.7. The van der Waals surface area contributed by atoms with Crippen LogP contribution in [0.3, 0.4) is 0 Å². The van der Waals surface area contributed by atoms with E-state index in [1.165, 1.54) is 97.1 Å². The van der Waals surface area contributed by atoms with Crippen LogP contribution in [-0.2, 0) is 69.0 Å². The second-order valence-corrected chi connectivity index (χ2v) is 19.4. The number of fused-ring (bicyclic) bond motifs is 3. The Morgan fingerprint density at radius 1 is 0.729 bits per heavy atom. The van der Waals surface area contributed by atoms with Crippen molar-refractivity contribution in [2.75, 3.05) is 20.8 Å². The summed E-state index contributed by atoms with van der Waals surface area (Å²) in [5, 5.41) is 31.5. The average molecular weight is 1170 g/mol. The monoisotopic (exact) mass is 1170 g/mol. The summed E-state index contributed by atoms with van der Waals surface area (Å²) in [4.78, 5) is 142. The van der Waals surface area contributed by atoms with Crippen LogP contribution < -0.4 is 26.7 Å². The summed E-state index contributed by atoms with van der Waals surface area (Å²) >= 11 is 0. The molecular weight excluding hydrogens is 1120 g/mol. The zero-order valence-electron chi connectivity index (χ0n) is 45.2. The lowest BCUT2D eigenvalue weighted by atomic mass is 9.89. The number of esters is 3. The standard InChI is InChI=1S/C59H52F3N7O16/c1-69-27-32(37-14-10-33(21-46(37)69)59(60,61)62)20-44(67-53(75)31-9-13-38(41(19-31)57(79)80)52-39-15-11-35(70)23-48(39)85-49-24-36(71)12-16-40(49)52)55(77)65-42(17-18-50(73)82-2)54(76)68-45(22-34-26-63-29-64-34)56(78)66-43(25-51(74)83-3)47(72)28-84-58(81)30-7-5-4-6-8-30/h4-16,19,21,23-24,26-27,29,42-45,70H,17-18,20,22,25,28H2,1-3H3,(H,63,64)(H,65,77)(H,66,78)(H,67,75)(H,68,76)(H,79,80). The van der Waals surface area contributed by atoms with E-state index in [0.29, 0.717) is 10.9 Å². The number of carboxylic acid groups (broad SMARTS) is 1. The number of imidazole rings is 1. The molecule has 1 aliphatic heterocycles. The minimum Gasteiger partial charge on any atom is -0.508 e. The molecule has 4 aromatic carbocycles. The van der Waals surface area contributed by atoms with E-state index in [9.17, 15) is 71.3 Å². The summed E-state index contributed by atoms with van der Waals surface area (Å²) in [5.74, 6) is -9.76. The lowest BCUT2D eigenvalue weighted by molar-refractivity contribution is -0.144. The number of benzene rings is 5. The molecule has 7 N–H and O–H groups in total. The summed E-state index contributed by atoms with van der Waals surface area (Å²) in [7, 11) is 3.53. The van der Waals surface area contributed by atoms with Crippen LogP contribution in [0.5, 0.6) is 5.75 Å². The summed E-state index contributed by atoms with van der Waals surface area (Å²) in [6.07, 6.45) is -3.44. The maximum atomic E-state index is 14.9. The van der Waals surface area contributed by atoms with E-state index in [2.05, 4.69) is 31.2 Å². The predicted molar refractivity (Wildman–Crippen MR) is 294 cm³/mol. The number of carboxylic acids is 1. The maximum Gasteiger partial charge on any atom is 0.416 e. The van der Waals surface area contributed by atoms with E-state index in [1.54, 1.807) is 18.2 Å². The first-order chi connectivity index (χ1) is 40.5. The van der Waals surface area contributed by atoms with Gasteiger partial charge in [0.25, 0.3) is 5.91 Å². The minimum atomic E-state index is -4.74. The van der Waals surface area contributed by atoms with Gasteiger partial charge in [-0.25, -0.2) is 14.6 Å². The number of phenols is 1. The van der Waals surface area contributed by atoms with Gasteiger partial charge in [-0.2, -0.15) is 13.2 Å². The number of nitrogens with zero attached hydrogens (tertiary/aromatic N) is 2. The van der Waals surface area contributed by atoms with Gasteiger partial charge >= 0.3 is 30.1 Å². The van der Waals surface area contributed by atoms with Gasteiger partial charge in [0.2, 0.25) is 17.7 Å². The Morgan fingerprint density at radius 3 is 2.08 bits per heavy atom. The second kappa shape index (κ2) is 26.1. The number of nitrogens with one attached hydrogen (secondary N) is 5. The molecular formula is C59H52F3N7O16. The van der Waals surface area contributed by atoms with E-state index in [1.807, 2.05) is 0 Å². The maximum absolute atomic E-state index is 14.9. The first-order valence-corrected chi connectivity index (χ1v) is 25.8. The van der Waals surface area contributed by atoms with Crippen molar-refractivity contribution in [2.45, 2.75) is 62.4 Å². The fraction of sp³-hybridized carbons (Fsp3) is 0.237. The number of ether oxygens (including phenoxy) is 3. The Balaban J connectivity index is 1.12. The molecule has 0 saturated heterocycles. The molecule has 4 unspecified atom stereocenters. The van der Waals surface area contributed by atoms with E-state index < -0.39 is 132 Å². The van der Waals surface area contributed by atoms with Crippen molar-refractivity contribution in [3.05, 3.63) is 166 Å². The number of methoxy groups -OCH3 is 2. The Morgan fingerprint density at radius 2 is 1.40 bits per heavy atom. The Bertz CT molecular complexity index is 3920. The fourth-order valence-electron chi connectivity index (χ4n) is 9.37. The van der Waals surface area contributed by atoms with Gasteiger partial charge in [0, 0.05) is 89.5 Å². The number of aromatic carboxylic acids is 1. The zero-order chi connectivity index (χ0) is 61.3. The second-order valence-electron chi connectivity index (χ2n) is 19.4. The van der Waals surface area contributed by atoms with Gasteiger partial charge in [-0.3, -0.25) is 38.4 Å². The molecule has 1 aliphatic carbocycles. The number of amides is 4. The Hall–Kier alpha value is -10.7. The minimum absolute atomic E-state index is 0.0383. The van der Waals surface area contributed by atoms with E-state index >= 15 is 0 Å². The van der Waals surface area contributed by atoms with Crippen molar-refractivity contribution >= 4 is 75.2 Å². The SMILES string of the molecule is COC(=O)CCC(NC(=O)C(Cc1cn(C)c2cc(C(F)(F)F)ccc12)NC(=O)c1ccc(-c2c3ccc(=O)cc-3oc3cc(O)ccc23)c(C(=O)O)c1)C(=O)NC(Cc1cnc[nH]1)C(=O)NC(CC(=O)OC)C(=O)COC(=O)c1ccccc1. The molecule has 2 aromatic heterocycles. The molecule has 3 heterocycles. The molecule has 26 heteroatoms. The molecule has 85 heavy (non-hydrogen) atoms. The highest BCUT2D eigenvalue weighted by atomic mass is 19.4. The van der Waals surface area contributed by atoms with Gasteiger partial charge in [-0.15, -0.1) is 0 Å². The third-order valence-corrected chi connectivity index (χ3v) is 13.7. The average Bonchev–Trinajstić information content (AvgIpc) is 1.34. The first-order valence-electron chi connectivity index (χ1n) is 25.8. The number of carbonyl (C=O) groups excluding carboxylic acids is 8. The quantitative estimate of drug-likeness (QED) is 0.0246. The summed E-state index contributed by atoms with van der Waals surface area (Å²) in [6, 6.07) is 15.0. The van der Waals surface area contributed by atoms with Crippen LogP contribution in [0.25, 0.3) is 44.3 Å². The van der Waals surface area contributed by atoms with Gasteiger partial charge in [-0.1, -0.05) is 30.3 Å². The number of aromatic hydroxyl groups is 1. The molecule has 0 radical (unpaired) electrons. The number of rotatable bonds is 23. The highest BCUT2D eigenvalue weighted by Gasteiger charge is 2.36. The van der Waals surface area contributed by atoms with Gasteiger partial charge in [0.15, 0.2) is 17.8 Å². The number of alkyl halides is 3. The van der Waals surface area contributed by atoms with E-state index in [-0.39, 0.29) is 67.9 Å². The van der Waals surface area contributed by atoms with Crippen LogP contribution >= 0.6 is 0 Å². The molecule has 0 saturated carbocycles. The highest BCUT2D eigenvalue weighted by Crippen LogP contribution is 2.42. The summed E-state index contributed by atoms with van der Waals surface area (Å²) in [5.41, 5.74) is -0.896. The number of Topliss-reactive ketones (excluding diaryl/α,β-unsaturated/α-hetero) is 1. The topological polar surface area (TPSA) is 334 Å². The molecule has 0 spiro atoms. The van der Waals surface area contributed by atoms with Crippen molar-refractivity contribution in [3.63, 3.8) is 0 Å². The first kappa shape index (κ1) is 60.4. The van der Waals surface area contributed by atoms with Crippen LogP contribution in [0, 0.1) is 0 Å². The molecule has 8 rings (SSSR count). The highest BCUT2D eigenvalue weighted by molar-refractivity contribution is 6.09. The van der Waals surface area contributed by atoms with Crippen molar-refractivity contribution in [2.24, 2.45) is 7.05 Å². The third kappa shape index (κ3) is 14.5. The van der Waals surface area contributed by atoms with Crippen LogP contribution in [0.2, 0.25) is 0 Å². The van der Waals surface area contributed by atoms with Crippen LogP contribution in [-0.4, -0.2) is 123 Å². The molecule has 23 nitrogen and oxygen atoms in total. The van der Waals surface area contributed by atoms with Crippen molar-refractivity contribution in [1.82, 2.24) is 35.8 Å². The largest absolute Gasteiger partial charge is 0.508 e. The molecule has 4 amide bonds. The number of H-pyrrole nitrogens is 1. The number of aryl methyl sites for hydroxylation is 1. The number of aromatic nitrogens is 3. The number of phenolic OH excluding ortho intramolecular Hbond substituents is 1. The smallest absolute Gasteiger partial charge is 0.416 e. The number of carbonyl (C=O) groups is 9. The molecule has 2 aliphatic rings. The normalized spacial score (nSPS) is 12.8. The molecule has 4 atom stereocenters. The van der Waals surface area contributed by atoms with E-state index in [4.69, 9.17) is 18.6 Å². The Labute approximate surface area is 478 Å². The van der Waals surface area contributed by atoms with Gasteiger partial charge in [-0.05, 0) is 78.2 Å². The summed E-state index contributed by atoms with van der Waals surface area (Å²) in [6.45, 7) is -0.914. The number of hydrogen-bond donors (Lipinski definition) is 7. The van der Waals surface area contributed by atoms with Crippen LogP contribution in [0.1, 0.15) is 67.2 Å². The molecule has 440 valence electrons. The third-order valence-electron chi connectivity index (χ3n) is 13.7. The number of hydrogen-bond acceptors (Lipinski definition) is 16.